The molecule has 0 radical (unpaired) electrons. The number of hydrogen-bond acceptors (Lipinski definition) is 5. The summed E-state index contributed by atoms with van der Waals surface area (Å²) in [4.78, 5) is 0. The first-order valence-corrected chi connectivity index (χ1v) is 11.9. The Morgan fingerprint density at radius 1 is 0.912 bits per heavy atom. The number of benzene rings is 3. The van der Waals surface area contributed by atoms with Gasteiger partial charge in [-0.3, -0.25) is 4.57 Å². The highest BCUT2D eigenvalue weighted by Crippen LogP contribution is 2.31. The summed E-state index contributed by atoms with van der Waals surface area (Å²) in [5.41, 5.74) is 1.23. The number of sulfone groups is 1. The van der Waals surface area contributed by atoms with Crippen LogP contribution in [0.5, 0.6) is 5.75 Å². The summed E-state index contributed by atoms with van der Waals surface area (Å²) in [6.07, 6.45) is -4.51. The molecule has 0 saturated carbocycles. The smallest absolute Gasteiger partial charge is 0.416 e. The van der Waals surface area contributed by atoms with E-state index in [2.05, 4.69) is 10.2 Å². The molecule has 0 spiro atoms. The molecule has 176 valence electrons. The first-order chi connectivity index (χ1) is 16.1. The number of nitrogens with zero attached hydrogens (tertiary/aromatic N) is 3. The van der Waals surface area contributed by atoms with Crippen LogP contribution in [0, 0.1) is 6.92 Å². The van der Waals surface area contributed by atoms with E-state index in [9.17, 15) is 21.6 Å². The van der Waals surface area contributed by atoms with E-state index in [1.165, 1.54) is 16.7 Å². The number of aryl methyl sites for hydroxylation is 1. The highest BCUT2D eigenvalue weighted by Gasteiger charge is 2.31. The second kappa shape index (κ2) is 9.30. The number of rotatable bonds is 7. The van der Waals surface area contributed by atoms with Crippen molar-refractivity contribution in [2.45, 2.75) is 30.6 Å². The molecule has 1 heterocycles. The van der Waals surface area contributed by atoms with Crippen LogP contribution in [-0.4, -0.2) is 23.2 Å². The van der Waals surface area contributed by atoms with Crippen LogP contribution in [0.15, 0.2) is 84.0 Å². The van der Waals surface area contributed by atoms with Crippen LogP contribution in [-0.2, 0) is 28.4 Å². The van der Waals surface area contributed by atoms with E-state index in [1.54, 1.807) is 42.5 Å². The van der Waals surface area contributed by atoms with Crippen molar-refractivity contribution in [3.8, 4) is 11.4 Å². The third-order valence-corrected chi connectivity index (χ3v) is 6.53. The maximum atomic E-state index is 13.2. The van der Waals surface area contributed by atoms with Gasteiger partial charge in [0.05, 0.1) is 11.3 Å². The van der Waals surface area contributed by atoms with Crippen LogP contribution in [0.25, 0.3) is 5.69 Å². The summed E-state index contributed by atoms with van der Waals surface area (Å²) in [6, 6.07) is 20.1. The summed E-state index contributed by atoms with van der Waals surface area (Å²) in [5.74, 6) is -0.181. The van der Waals surface area contributed by atoms with E-state index < -0.39 is 21.6 Å². The summed E-state index contributed by atoms with van der Waals surface area (Å²) in [5, 5.41) is 7.62. The van der Waals surface area contributed by atoms with Crippen molar-refractivity contribution in [2.24, 2.45) is 0 Å². The maximum Gasteiger partial charge on any atom is 0.416 e. The van der Waals surface area contributed by atoms with Gasteiger partial charge in [0.2, 0.25) is 9.84 Å². The van der Waals surface area contributed by atoms with Crippen molar-refractivity contribution in [2.75, 3.05) is 0 Å². The van der Waals surface area contributed by atoms with E-state index in [0.717, 1.165) is 17.7 Å². The van der Waals surface area contributed by atoms with E-state index in [1.807, 2.05) is 19.1 Å². The van der Waals surface area contributed by atoms with Crippen LogP contribution in [0.1, 0.15) is 22.5 Å². The third kappa shape index (κ3) is 5.28. The van der Waals surface area contributed by atoms with Gasteiger partial charge in [-0.05, 0) is 42.8 Å². The van der Waals surface area contributed by atoms with E-state index in [4.69, 9.17) is 4.74 Å². The zero-order valence-electron chi connectivity index (χ0n) is 18.0. The van der Waals surface area contributed by atoms with Gasteiger partial charge in [-0.15, -0.1) is 10.2 Å². The SMILES string of the molecule is Cc1ccc(CS(=O)(=O)c2nnc(COc3cccc(C(F)(F)F)c3)n2-c2ccccc2)cc1. The number of para-hydroxylation sites is 1. The van der Waals surface area contributed by atoms with Gasteiger partial charge in [-0.1, -0.05) is 54.1 Å². The molecule has 0 amide bonds. The summed E-state index contributed by atoms with van der Waals surface area (Å²) in [6.45, 7) is 1.62. The van der Waals surface area contributed by atoms with Gasteiger partial charge >= 0.3 is 6.18 Å². The number of aromatic nitrogens is 3. The van der Waals surface area contributed by atoms with Gasteiger partial charge < -0.3 is 4.74 Å². The van der Waals surface area contributed by atoms with E-state index in [0.29, 0.717) is 11.3 Å². The van der Waals surface area contributed by atoms with Crippen LogP contribution in [0.2, 0.25) is 0 Å². The Morgan fingerprint density at radius 2 is 1.62 bits per heavy atom. The molecule has 0 aliphatic carbocycles. The molecule has 0 N–H and O–H groups in total. The van der Waals surface area contributed by atoms with Crippen LogP contribution in [0.4, 0.5) is 13.2 Å². The summed E-state index contributed by atoms with van der Waals surface area (Å²) >= 11 is 0. The molecule has 4 rings (SSSR count). The second-order valence-corrected chi connectivity index (χ2v) is 9.51. The molecule has 0 fully saturated rings. The zero-order chi connectivity index (χ0) is 24.3. The van der Waals surface area contributed by atoms with Crippen molar-refractivity contribution < 1.29 is 26.3 Å². The standard InChI is InChI=1S/C24H20F3N3O3S/c1-17-10-12-18(13-11-17)16-34(31,32)23-29-28-22(30(23)20-7-3-2-4-8-20)15-33-21-9-5-6-19(14-21)24(25,26)27/h2-14H,15-16H2,1H3. The molecule has 0 aliphatic rings. The number of ether oxygens (including phenoxy) is 1. The van der Waals surface area contributed by atoms with Gasteiger partial charge in [0.25, 0.3) is 5.16 Å². The van der Waals surface area contributed by atoms with Gasteiger partial charge in [0, 0.05) is 5.69 Å². The highest BCUT2D eigenvalue weighted by molar-refractivity contribution is 7.90. The fourth-order valence-electron chi connectivity index (χ4n) is 3.31. The molecule has 0 bridgehead atoms. The van der Waals surface area contributed by atoms with Crippen LogP contribution in [0.3, 0.4) is 0 Å². The van der Waals surface area contributed by atoms with Crippen molar-refractivity contribution in [1.82, 2.24) is 14.8 Å². The lowest BCUT2D eigenvalue weighted by atomic mass is 10.2. The first kappa shape index (κ1) is 23.5. The Bertz CT molecular complexity index is 1380. The second-order valence-electron chi connectivity index (χ2n) is 7.63. The van der Waals surface area contributed by atoms with E-state index in [-0.39, 0.29) is 29.1 Å². The minimum absolute atomic E-state index is 0.0264. The predicted octanol–water partition coefficient (Wildman–Crippen LogP) is 5.15. The molecule has 0 aliphatic heterocycles. The minimum atomic E-state index is -4.51. The Hall–Kier alpha value is -3.66. The first-order valence-electron chi connectivity index (χ1n) is 10.2. The normalized spacial score (nSPS) is 12.0. The Morgan fingerprint density at radius 3 is 2.29 bits per heavy atom. The number of hydrogen-bond donors (Lipinski definition) is 0. The average Bonchev–Trinajstić information content (AvgIpc) is 3.24. The van der Waals surface area contributed by atoms with E-state index >= 15 is 0 Å². The molecule has 0 unspecified atom stereocenters. The summed E-state index contributed by atoms with van der Waals surface area (Å²) in [7, 11) is -3.91. The molecule has 0 atom stereocenters. The monoisotopic (exact) mass is 487 g/mol. The maximum absolute atomic E-state index is 13.2. The Labute approximate surface area is 194 Å². The van der Waals surface area contributed by atoms with Crippen molar-refractivity contribution in [3.05, 3.63) is 101 Å². The molecule has 10 heteroatoms. The third-order valence-electron chi connectivity index (χ3n) is 5.00. The lowest BCUT2D eigenvalue weighted by Crippen LogP contribution is -2.14. The number of alkyl halides is 3. The molecular weight excluding hydrogens is 467 g/mol. The lowest BCUT2D eigenvalue weighted by Gasteiger charge is -2.13. The van der Waals surface area contributed by atoms with Crippen molar-refractivity contribution >= 4 is 9.84 Å². The zero-order valence-corrected chi connectivity index (χ0v) is 18.8. The van der Waals surface area contributed by atoms with Crippen molar-refractivity contribution in [3.63, 3.8) is 0 Å². The highest BCUT2D eigenvalue weighted by atomic mass is 32.2. The predicted molar refractivity (Wildman–Crippen MR) is 119 cm³/mol. The lowest BCUT2D eigenvalue weighted by molar-refractivity contribution is -0.137. The van der Waals surface area contributed by atoms with Gasteiger partial charge in [-0.2, -0.15) is 13.2 Å². The topological polar surface area (TPSA) is 74.1 Å². The van der Waals surface area contributed by atoms with Crippen LogP contribution >= 0.6 is 0 Å². The Kier molecular flexibility index (Phi) is 6.43. The van der Waals surface area contributed by atoms with Gasteiger partial charge in [0.1, 0.15) is 12.4 Å². The molecule has 6 nitrogen and oxygen atoms in total. The van der Waals surface area contributed by atoms with Crippen molar-refractivity contribution in [1.29, 1.82) is 0 Å². The fraction of sp³-hybridized carbons (Fsp3) is 0.167. The Balaban J connectivity index is 1.67. The molecule has 3 aromatic carbocycles. The van der Waals surface area contributed by atoms with Gasteiger partial charge in [-0.25, -0.2) is 8.42 Å². The molecule has 1 aromatic heterocycles. The molecule has 4 aromatic rings. The molecule has 34 heavy (non-hydrogen) atoms. The number of halogens is 3. The largest absolute Gasteiger partial charge is 0.486 e. The fourth-order valence-corrected chi connectivity index (χ4v) is 4.72. The quantitative estimate of drug-likeness (QED) is 0.361. The average molecular weight is 488 g/mol. The minimum Gasteiger partial charge on any atom is -0.486 e. The van der Waals surface area contributed by atoms with Crippen LogP contribution < -0.4 is 4.74 Å². The summed E-state index contributed by atoms with van der Waals surface area (Å²) < 4.78 is 72.4. The molecule has 0 saturated heterocycles. The molecular formula is C24H20F3N3O3S. The van der Waals surface area contributed by atoms with Gasteiger partial charge in [0.15, 0.2) is 5.82 Å².